The lowest BCUT2D eigenvalue weighted by Crippen LogP contribution is -2.12. The van der Waals surface area contributed by atoms with Crippen LogP contribution in [-0.4, -0.2) is 20.1 Å². The summed E-state index contributed by atoms with van der Waals surface area (Å²) in [7, 11) is 0. The van der Waals surface area contributed by atoms with Crippen LogP contribution in [-0.2, 0) is 13.2 Å². The maximum absolute atomic E-state index is 12.8. The van der Waals surface area contributed by atoms with Gasteiger partial charge in [-0.3, -0.25) is 9.36 Å². The largest absolute Gasteiger partial charge is 0.486 e. The monoisotopic (exact) mass is 571 g/mol. The molecular weight excluding hydrogens is 554 g/mol. The molecule has 3 aromatic carbocycles. The smallest absolute Gasteiger partial charge is 0.203 e. The third kappa shape index (κ3) is 5.09. The molecule has 0 spiro atoms. The molecule has 0 saturated heterocycles. The fourth-order valence-corrected chi connectivity index (χ4v) is 4.09. The SMILES string of the molecule is Cc1ccccc1-n1c(COc2ccc(Br)cc2)nn(CC(=O)c2ccc(Br)cc2)c1=S. The fourth-order valence-electron chi connectivity index (χ4n) is 3.25. The number of carbonyl (C=O) groups is 1. The summed E-state index contributed by atoms with van der Waals surface area (Å²) in [5.41, 5.74) is 2.56. The Kier molecular flexibility index (Phi) is 7.03. The predicted molar refractivity (Wildman–Crippen MR) is 134 cm³/mol. The van der Waals surface area contributed by atoms with Crippen molar-refractivity contribution < 1.29 is 9.53 Å². The molecule has 0 fully saturated rings. The van der Waals surface area contributed by atoms with Gasteiger partial charge in [0, 0.05) is 14.5 Å². The molecule has 0 aliphatic rings. The molecule has 162 valence electrons. The summed E-state index contributed by atoms with van der Waals surface area (Å²) in [6.45, 7) is 2.27. The quantitative estimate of drug-likeness (QED) is 0.183. The van der Waals surface area contributed by atoms with Crippen LogP contribution in [0.3, 0.4) is 0 Å². The maximum Gasteiger partial charge on any atom is 0.203 e. The second kappa shape index (κ2) is 9.94. The van der Waals surface area contributed by atoms with Crippen molar-refractivity contribution in [3.8, 4) is 11.4 Å². The van der Waals surface area contributed by atoms with Crippen molar-refractivity contribution in [2.75, 3.05) is 0 Å². The van der Waals surface area contributed by atoms with Gasteiger partial charge in [-0.1, -0.05) is 62.2 Å². The van der Waals surface area contributed by atoms with Gasteiger partial charge in [0.2, 0.25) is 4.77 Å². The molecule has 0 radical (unpaired) electrons. The number of ketones is 1. The average molecular weight is 573 g/mol. The third-order valence-corrected chi connectivity index (χ3v) is 6.35. The Hall–Kier alpha value is -2.55. The van der Waals surface area contributed by atoms with Gasteiger partial charge < -0.3 is 4.74 Å². The summed E-state index contributed by atoms with van der Waals surface area (Å²) in [4.78, 5) is 12.8. The van der Waals surface area contributed by atoms with Gasteiger partial charge in [-0.2, -0.15) is 5.10 Å². The number of aromatic nitrogens is 3. The van der Waals surface area contributed by atoms with Crippen LogP contribution >= 0.6 is 44.1 Å². The average Bonchev–Trinajstić information content (AvgIpc) is 3.09. The second-order valence-corrected chi connectivity index (χ2v) is 9.35. The number of para-hydroxylation sites is 1. The Balaban J connectivity index is 1.68. The Bertz CT molecular complexity index is 1310. The van der Waals surface area contributed by atoms with Crippen molar-refractivity contribution in [2.45, 2.75) is 20.1 Å². The summed E-state index contributed by atoms with van der Waals surface area (Å²) in [6, 6.07) is 22.8. The summed E-state index contributed by atoms with van der Waals surface area (Å²) >= 11 is 12.6. The topological polar surface area (TPSA) is 49.0 Å². The molecular formula is C24H19Br2N3O2S. The molecule has 0 unspecified atom stereocenters. The van der Waals surface area contributed by atoms with E-state index in [4.69, 9.17) is 17.0 Å². The van der Waals surface area contributed by atoms with Crippen molar-refractivity contribution in [3.05, 3.63) is 103 Å². The van der Waals surface area contributed by atoms with E-state index in [1.807, 2.05) is 72.2 Å². The molecule has 5 nitrogen and oxygen atoms in total. The van der Waals surface area contributed by atoms with Gasteiger partial charge in [-0.05, 0) is 67.2 Å². The van der Waals surface area contributed by atoms with E-state index in [0.29, 0.717) is 16.2 Å². The zero-order chi connectivity index (χ0) is 22.7. The first-order valence-corrected chi connectivity index (χ1v) is 11.8. The van der Waals surface area contributed by atoms with Gasteiger partial charge in [0.15, 0.2) is 11.6 Å². The van der Waals surface area contributed by atoms with Crippen LogP contribution in [0.15, 0.2) is 81.7 Å². The van der Waals surface area contributed by atoms with Crippen molar-refractivity contribution in [2.24, 2.45) is 0 Å². The number of ether oxygens (including phenoxy) is 1. The van der Waals surface area contributed by atoms with Crippen molar-refractivity contribution >= 4 is 49.9 Å². The van der Waals surface area contributed by atoms with Crippen molar-refractivity contribution in [1.29, 1.82) is 0 Å². The van der Waals surface area contributed by atoms with E-state index in [0.717, 1.165) is 25.9 Å². The minimum absolute atomic E-state index is 0.0463. The standard InChI is InChI=1S/C24H19Br2N3O2S/c1-16-4-2-3-5-21(16)29-23(15-31-20-12-10-19(26)11-13-20)27-28(24(29)32)14-22(30)17-6-8-18(25)9-7-17/h2-13H,14-15H2,1H3. The van der Waals surface area contributed by atoms with E-state index in [1.54, 1.807) is 16.8 Å². The third-order valence-electron chi connectivity index (χ3n) is 4.90. The predicted octanol–water partition coefficient (Wildman–Crippen LogP) is 6.70. The highest BCUT2D eigenvalue weighted by atomic mass is 79.9. The number of rotatable bonds is 7. The number of hydrogen-bond donors (Lipinski definition) is 0. The normalized spacial score (nSPS) is 10.8. The highest BCUT2D eigenvalue weighted by Gasteiger charge is 2.17. The van der Waals surface area contributed by atoms with Gasteiger partial charge in [-0.25, -0.2) is 4.68 Å². The molecule has 0 N–H and O–H groups in total. The lowest BCUT2D eigenvalue weighted by Gasteiger charge is -2.10. The fraction of sp³-hybridized carbons (Fsp3) is 0.125. The summed E-state index contributed by atoms with van der Waals surface area (Å²) < 4.78 is 11.7. The molecule has 0 aliphatic carbocycles. The number of carbonyl (C=O) groups excluding carboxylic acids is 1. The Morgan fingerprint density at radius 3 is 2.25 bits per heavy atom. The number of nitrogens with zero attached hydrogens (tertiary/aromatic N) is 3. The van der Waals surface area contributed by atoms with Crippen LogP contribution in [0.1, 0.15) is 21.7 Å². The van der Waals surface area contributed by atoms with Gasteiger partial charge in [0.25, 0.3) is 0 Å². The molecule has 4 aromatic rings. The van der Waals surface area contributed by atoms with E-state index in [1.165, 1.54) is 0 Å². The highest BCUT2D eigenvalue weighted by Crippen LogP contribution is 2.21. The first kappa shape index (κ1) is 22.6. The lowest BCUT2D eigenvalue weighted by atomic mass is 10.1. The molecule has 1 aromatic heterocycles. The van der Waals surface area contributed by atoms with Crippen molar-refractivity contribution in [1.82, 2.24) is 14.3 Å². The zero-order valence-corrected chi connectivity index (χ0v) is 21.2. The van der Waals surface area contributed by atoms with Crippen molar-refractivity contribution in [3.63, 3.8) is 0 Å². The number of Topliss-reactive ketones (excluding diaryl/α,β-unsaturated/α-hetero) is 1. The number of halogens is 2. The summed E-state index contributed by atoms with van der Waals surface area (Å²) in [6.07, 6.45) is 0. The molecule has 1 heterocycles. The van der Waals surface area contributed by atoms with E-state index < -0.39 is 0 Å². The number of aryl methyl sites for hydroxylation is 1. The minimum Gasteiger partial charge on any atom is -0.486 e. The van der Waals surface area contributed by atoms with E-state index >= 15 is 0 Å². The molecule has 0 bridgehead atoms. The zero-order valence-electron chi connectivity index (χ0n) is 17.2. The number of benzene rings is 3. The van der Waals surface area contributed by atoms with Crippen LogP contribution in [0, 0.1) is 11.7 Å². The molecule has 32 heavy (non-hydrogen) atoms. The van der Waals surface area contributed by atoms with Crippen LogP contribution < -0.4 is 4.74 Å². The van der Waals surface area contributed by atoms with Crippen LogP contribution in [0.25, 0.3) is 5.69 Å². The molecule has 0 aliphatic heterocycles. The van der Waals surface area contributed by atoms with Gasteiger partial charge >= 0.3 is 0 Å². The molecule has 0 saturated carbocycles. The highest BCUT2D eigenvalue weighted by molar-refractivity contribution is 9.10. The van der Waals surface area contributed by atoms with E-state index in [2.05, 4.69) is 37.0 Å². The van der Waals surface area contributed by atoms with Crippen LogP contribution in [0.2, 0.25) is 0 Å². The van der Waals surface area contributed by atoms with E-state index in [9.17, 15) is 4.79 Å². The summed E-state index contributed by atoms with van der Waals surface area (Å²) in [5.74, 6) is 1.27. The molecule has 0 atom stereocenters. The first-order valence-electron chi connectivity index (χ1n) is 9.84. The first-order chi connectivity index (χ1) is 15.4. The molecule has 4 rings (SSSR count). The Labute approximate surface area is 207 Å². The minimum atomic E-state index is -0.0663. The summed E-state index contributed by atoms with van der Waals surface area (Å²) in [5, 5.41) is 4.65. The van der Waals surface area contributed by atoms with Gasteiger partial charge in [-0.15, -0.1) is 0 Å². The number of hydrogen-bond acceptors (Lipinski definition) is 4. The van der Waals surface area contributed by atoms with E-state index in [-0.39, 0.29) is 18.9 Å². The lowest BCUT2D eigenvalue weighted by molar-refractivity contribution is 0.0966. The Morgan fingerprint density at radius 2 is 1.59 bits per heavy atom. The van der Waals surface area contributed by atoms with Gasteiger partial charge in [0.1, 0.15) is 18.9 Å². The Morgan fingerprint density at radius 1 is 0.969 bits per heavy atom. The van der Waals surface area contributed by atoms with Gasteiger partial charge in [0.05, 0.1) is 5.69 Å². The molecule has 8 heteroatoms. The van der Waals surface area contributed by atoms with Crippen LogP contribution in [0.4, 0.5) is 0 Å². The second-order valence-electron chi connectivity index (χ2n) is 7.15. The van der Waals surface area contributed by atoms with Crippen LogP contribution in [0.5, 0.6) is 5.75 Å². The molecule has 0 amide bonds. The maximum atomic E-state index is 12.8.